The number of benzene rings is 2. The van der Waals surface area contributed by atoms with E-state index in [0.29, 0.717) is 17.2 Å². The largest absolute Gasteiger partial charge is 0.508 e. The van der Waals surface area contributed by atoms with Gasteiger partial charge in [0.1, 0.15) is 11.5 Å². The minimum atomic E-state index is -2.27. The summed E-state index contributed by atoms with van der Waals surface area (Å²) in [5.41, 5.74) is 4.66. The molecule has 5 atom stereocenters. The summed E-state index contributed by atoms with van der Waals surface area (Å²) in [4.78, 5) is 22.3. The zero-order chi connectivity index (χ0) is 27.4. The molecule has 0 spiro atoms. The zero-order valence-electron chi connectivity index (χ0n) is 21.6. The van der Waals surface area contributed by atoms with Crippen LogP contribution in [0.2, 0.25) is 0 Å². The van der Waals surface area contributed by atoms with Crippen molar-refractivity contribution in [3.63, 3.8) is 0 Å². The SMILES string of the molecule is COc1ccc(CCN2CC[C@@]34CCCC[C@H]3[C@@H]2Cc2ccc(O)cc24)cc1.O=C(O)[C@H](O)[C@@H](O)C(=O)O. The highest BCUT2D eigenvalue weighted by atomic mass is 16.5. The Balaban J connectivity index is 0.000000289. The van der Waals surface area contributed by atoms with Gasteiger partial charge in [-0.3, -0.25) is 4.90 Å². The predicted octanol–water partition coefficient (Wildman–Crippen LogP) is 2.58. The van der Waals surface area contributed by atoms with Crippen LogP contribution in [-0.2, 0) is 27.8 Å². The lowest BCUT2D eigenvalue weighted by Crippen LogP contribution is -2.61. The maximum Gasteiger partial charge on any atom is 0.335 e. The normalized spacial score (nSPS) is 25.6. The molecule has 9 nitrogen and oxygen atoms in total. The van der Waals surface area contributed by atoms with Gasteiger partial charge in [-0.25, -0.2) is 9.59 Å². The number of ether oxygens (including phenoxy) is 1. The topological polar surface area (TPSA) is 148 Å². The number of likely N-dealkylation sites (tertiary alicyclic amines) is 1. The first-order valence-electron chi connectivity index (χ1n) is 13.2. The molecular weight excluding hydrogens is 490 g/mol. The van der Waals surface area contributed by atoms with Crippen LogP contribution in [0.5, 0.6) is 11.5 Å². The van der Waals surface area contributed by atoms with E-state index in [4.69, 9.17) is 25.2 Å². The highest BCUT2D eigenvalue weighted by molar-refractivity contribution is 5.83. The van der Waals surface area contributed by atoms with Gasteiger partial charge in [-0.15, -0.1) is 0 Å². The average molecular weight is 528 g/mol. The lowest BCUT2D eigenvalue weighted by molar-refractivity contribution is -0.165. The van der Waals surface area contributed by atoms with Crippen molar-refractivity contribution in [2.75, 3.05) is 20.2 Å². The zero-order valence-corrected chi connectivity index (χ0v) is 21.6. The number of phenols is 1. The van der Waals surface area contributed by atoms with Gasteiger partial charge in [0, 0.05) is 18.0 Å². The van der Waals surface area contributed by atoms with E-state index in [9.17, 15) is 14.7 Å². The summed E-state index contributed by atoms with van der Waals surface area (Å²) in [6.45, 7) is 2.32. The Hall–Kier alpha value is -3.14. The average Bonchev–Trinajstić information content (AvgIpc) is 2.92. The number of aliphatic carboxylic acids is 2. The highest BCUT2D eigenvalue weighted by Gasteiger charge is 2.53. The Morgan fingerprint density at radius 1 is 1.03 bits per heavy atom. The van der Waals surface area contributed by atoms with E-state index in [2.05, 4.69) is 41.3 Å². The van der Waals surface area contributed by atoms with Crippen molar-refractivity contribution in [1.29, 1.82) is 0 Å². The third-order valence-corrected chi connectivity index (χ3v) is 8.59. The number of aromatic hydroxyl groups is 1. The van der Waals surface area contributed by atoms with Crippen LogP contribution in [0.15, 0.2) is 42.5 Å². The summed E-state index contributed by atoms with van der Waals surface area (Å²) in [6, 6.07) is 15.4. The van der Waals surface area contributed by atoms with E-state index in [-0.39, 0.29) is 0 Å². The molecular formula is C29H37NO8. The first-order valence-corrected chi connectivity index (χ1v) is 13.2. The predicted molar refractivity (Wildman–Crippen MR) is 139 cm³/mol. The molecule has 3 aliphatic rings. The molecule has 0 radical (unpaired) electrons. The van der Waals surface area contributed by atoms with Crippen LogP contribution >= 0.6 is 0 Å². The van der Waals surface area contributed by atoms with Crippen LogP contribution in [0.4, 0.5) is 0 Å². The summed E-state index contributed by atoms with van der Waals surface area (Å²) in [5, 5.41) is 42.7. The summed E-state index contributed by atoms with van der Waals surface area (Å²) in [7, 11) is 1.72. The number of hydrogen-bond acceptors (Lipinski definition) is 7. The highest BCUT2D eigenvalue weighted by Crippen LogP contribution is 2.56. The second-order valence-electron chi connectivity index (χ2n) is 10.6. The van der Waals surface area contributed by atoms with E-state index in [1.807, 2.05) is 6.07 Å². The molecule has 2 aromatic rings. The van der Waals surface area contributed by atoms with Gasteiger partial charge >= 0.3 is 11.9 Å². The number of rotatable bonds is 7. The third-order valence-electron chi connectivity index (χ3n) is 8.59. The van der Waals surface area contributed by atoms with Gasteiger partial charge in [-0.05, 0) is 85.5 Å². The van der Waals surface area contributed by atoms with Crippen molar-refractivity contribution in [2.45, 2.75) is 68.6 Å². The fourth-order valence-corrected chi connectivity index (χ4v) is 6.69. The number of methoxy groups -OCH3 is 1. The van der Waals surface area contributed by atoms with Gasteiger partial charge in [0.25, 0.3) is 0 Å². The van der Waals surface area contributed by atoms with Crippen LogP contribution in [0.1, 0.15) is 48.8 Å². The standard InChI is InChI=1S/C25H31NO2.C4H6O6/c1-28-21-9-5-18(6-10-21)11-14-26-15-13-25-12-3-2-4-22(25)24(26)16-19-7-8-20(27)17-23(19)25;5-1(3(7)8)2(6)4(9)10/h5-10,17,22,24,27H,2-4,11-16H2,1H3;1-2,5-6H,(H,7,8)(H,9,10)/t22-,24-,25-;1-,2-/m01/s1. The molecule has 2 fully saturated rings. The molecule has 206 valence electrons. The Morgan fingerprint density at radius 3 is 2.34 bits per heavy atom. The second-order valence-corrected chi connectivity index (χ2v) is 10.6. The Morgan fingerprint density at radius 2 is 1.71 bits per heavy atom. The van der Waals surface area contributed by atoms with Gasteiger partial charge in [0.15, 0.2) is 12.2 Å². The van der Waals surface area contributed by atoms with Crippen LogP contribution < -0.4 is 4.74 Å². The number of fused-ring (bicyclic) bond motifs is 1. The number of aliphatic hydroxyl groups is 2. The van der Waals surface area contributed by atoms with Crippen LogP contribution in [0.3, 0.4) is 0 Å². The van der Waals surface area contributed by atoms with E-state index in [1.165, 1.54) is 55.3 Å². The van der Waals surface area contributed by atoms with Crippen LogP contribution in [0.25, 0.3) is 0 Å². The van der Waals surface area contributed by atoms with Crippen molar-refractivity contribution in [1.82, 2.24) is 4.90 Å². The number of piperidine rings is 1. The lowest BCUT2D eigenvalue weighted by Gasteiger charge is -2.59. The second kappa shape index (κ2) is 11.7. The fourth-order valence-electron chi connectivity index (χ4n) is 6.69. The maximum atomic E-state index is 10.2. The van der Waals surface area contributed by atoms with Gasteiger partial charge < -0.3 is 30.3 Å². The third kappa shape index (κ3) is 5.65. The number of carbonyl (C=O) groups is 2. The van der Waals surface area contributed by atoms with Crippen LogP contribution in [-0.4, -0.2) is 80.8 Å². The molecule has 0 unspecified atom stereocenters. The molecule has 0 amide bonds. The Kier molecular flexibility index (Phi) is 8.60. The van der Waals surface area contributed by atoms with Gasteiger partial charge in [-0.2, -0.15) is 0 Å². The molecule has 5 rings (SSSR count). The molecule has 0 aromatic heterocycles. The van der Waals surface area contributed by atoms with E-state index >= 15 is 0 Å². The minimum absolute atomic E-state index is 0.311. The lowest BCUT2D eigenvalue weighted by atomic mass is 9.52. The minimum Gasteiger partial charge on any atom is -0.508 e. The monoisotopic (exact) mass is 527 g/mol. The fraction of sp³-hybridized carbons (Fsp3) is 0.517. The maximum absolute atomic E-state index is 10.2. The van der Waals surface area contributed by atoms with Crippen molar-refractivity contribution < 1.29 is 39.9 Å². The van der Waals surface area contributed by atoms with Crippen molar-refractivity contribution in [2.24, 2.45) is 5.92 Å². The molecule has 2 aromatic carbocycles. The Bertz CT molecular complexity index is 1120. The number of nitrogens with zero attached hydrogens (tertiary/aromatic N) is 1. The smallest absolute Gasteiger partial charge is 0.335 e. The quantitative estimate of drug-likeness (QED) is 0.366. The molecule has 2 aliphatic carbocycles. The van der Waals surface area contributed by atoms with Crippen molar-refractivity contribution >= 4 is 11.9 Å². The molecule has 5 N–H and O–H groups in total. The van der Waals surface area contributed by atoms with E-state index < -0.39 is 24.1 Å². The number of aliphatic hydroxyl groups excluding tert-OH is 2. The molecule has 1 saturated carbocycles. The van der Waals surface area contributed by atoms with Crippen LogP contribution in [0, 0.1) is 5.92 Å². The summed E-state index contributed by atoms with van der Waals surface area (Å²) < 4.78 is 5.29. The summed E-state index contributed by atoms with van der Waals surface area (Å²) in [5.74, 6) is -1.41. The van der Waals surface area contributed by atoms with Gasteiger partial charge in [0.05, 0.1) is 7.11 Å². The number of carboxylic acid groups (broad SMARTS) is 2. The first kappa shape index (κ1) is 27.9. The summed E-state index contributed by atoms with van der Waals surface area (Å²) in [6.07, 6.45) is 4.30. The van der Waals surface area contributed by atoms with Gasteiger partial charge in [0.2, 0.25) is 0 Å². The summed E-state index contributed by atoms with van der Waals surface area (Å²) >= 11 is 0. The molecule has 1 saturated heterocycles. The molecule has 2 bridgehead atoms. The number of carboxylic acids is 2. The molecule has 9 heteroatoms. The Labute approximate surface area is 222 Å². The molecule has 38 heavy (non-hydrogen) atoms. The number of hydrogen-bond donors (Lipinski definition) is 5. The molecule has 1 aliphatic heterocycles. The van der Waals surface area contributed by atoms with E-state index in [1.54, 1.807) is 7.11 Å². The first-order chi connectivity index (χ1) is 18.2. The van der Waals surface area contributed by atoms with E-state index in [0.717, 1.165) is 31.1 Å². The molecule has 1 heterocycles. The van der Waals surface area contributed by atoms with Crippen molar-refractivity contribution in [3.05, 3.63) is 59.2 Å². The van der Waals surface area contributed by atoms with Crippen molar-refractivity contribution in [3.8, 4) is 11.5 Å². The number of phenolic OH excluding ortho intramolecular Hbond substituents is 1. The van der Waals surface area contributed by atoms with Gasteiger partial charge in [-0.1, -0.05) is 31.0 Å².